The summed E-state index contributed by atoms with van der Waals surface area (Å²) < 4.78 is 82.1. The molecule has 0 amide bonds. The number of nitrogens with one attached hydrogen (secondary N) is 2. The monoisotopic (exact) mass is 472 g/mol. The predicted molar refractivity (Wildman–Crippen MR) is 111 cm³/mol. The summed E-state index contributed by atoms with van der Waals surface area (Å²) >= 11 is 5.78. The maximum absolute atomic E-state index is 13.9. The zero-order chi connectivity index (χ0) is 22.1. The van der Waals surface area contributed by atoms with Crippen molar-refractivity contribution in [3.63, 3.8) is 0 Å². The summed E-state index contributed by atoms with van der Waals surface area (Å²) in [5.74, 6) is -2.85. The molecule has 11 heteroatoms. The van der Waals surface area contributed by atoms with Crippen LogP contribution < -0.4 is 9.44 Å². The first-order chi connectivity index (χ1) is 14.0. The summed E-state index contributed by atoms with van der Waals surface area (Å²) in [6, 6.07) is 12.4. The van der Waals surface area contributed by atoms with Crippen molar-refractivity contribution in [2.24, 2.45) is 0 Å². The Kier molecular flexibility index (Phi) is 6.02. The molecular formula is C19H15ClF2N2O4S2. The van der Waals surface area contributed by atoms with E-state index in [-0.39, 0.29) is 16.3 Å². The van der Waals surface area contributed by atoms with Crippen LogP contribution in [0.15, 0.2) is 70.5 Å². The molecule has 30 heavy (non-hydrogen) atoms. The fourth-order valence-electron chi connectivity index (χ4n) is 2.50. The molecule has 158 valence electrons. The van der Waals surface area contributed by atoms with E-state index in [1.54, 1.807) is 0 Å². The second kappa shape index (κ2) is 8.21. The highest BCUT2D eigenvalue weighted by Crippen LogP contribution is 2.26. The quantitative estimate of drug-likeness (QED) is 0.551. The summed E-state index contributed by atoms with van der Waals surface area (Å²) in [6.45, 7) is 1.53. The topological polar surface area (TPSA) is 92.3 Å². The first-order valence-electron chi connectivity index (χ1n) is 8.35. The van der Waals surface area contributed by atoms with E-state index in [1.165, 1.54) is 43.3 Å². The number of benzene rings is 3. The molecule has 3 rings (SSSR count). The molecular weight excluding hydrogens is 458 g/mol. The van der Waals surface area contributed by atoms with Crippen LogP contribution in [0.1, 0.15) is 5.56 Å². The largest absolute Gasteiger partial charge is 0.280 e. The van der Waals surface area contributed by atoms with Gasteiger partial charge < -0.3 is 0 Å². The van der Waals surface area contributed by atoms with Gasteiger partial charge in [-0.25, -0.2) is 25.6 Å². The molecule has 3 aromatic rings. The third-order valence-corrected chi connectivity index (χ3v) is 7.08. The lowest BCUT2D eigenvalue weighted by molar-refractivity contribution is 0.485. The smallest absolute Gasteiger partial charge is 0.264 e. The minimum atomic E-state index is -4.51. The minimum absolute atomic E-state index is 0.0994. The highest BCUT2D eigenvalue weighted by Gasteiger charge is 2.23. The summed E-state index contributed by atoms with van der Waals surface area (Å²) in [5, 5.41) is 0.426. The Morgan fingerprint density at radius 1 is 0.833 bits per heavy atom. The Bertz CT molecular complexity index is 1310. The van der Waals surface area contributed by atoms with Gasteiger partial charge in [0.1, 0.15) is 4.90 Å². The van der Waals surface area contributed by atoms with Crippen LogP contribution in [0.25, 0.3) is 0 Å². The third kappa shape index (κ3) is 4.72. The molecule has 3 aromatic carbocycles. The molecule has 0 heterocycles. The van der Waals surface area contributed by atoms with Crippen molar-refractivity contribution >= 4 is 43.0 Å². The Labute approximate surface area is 177 Å². The lowest BCUT2D eigenvalue weighted by atomic mass is 10.2. The highest BCUT2D eigenvalue weighted by atomic mass is 35.5. The van der Waals surface area contributed by atoms with E-state index in [0.29, 0.717) is 10.6 Å². The van der Waals surface area contributed by atoms with Crippen molar-refractivity contribution in [2.75, 3.05) is 9.44 Å². The van der Waals surface area contributed by atoms with Crippen LogP contribution >= 0.6 is 11.6 Å². The van der Waals surface area contributed by atoms with Crippen LogP contribution in [0.4, 0.5) is 20.2 Å². The number of anilines is 2. The van der Waals surface area contributed by atoms with E-state index in [2.05, 4.69) is 9.44 Å². The number of hydrogen-bond acceptors (Lipinski definition) is 4. The van der Waals surface area contributed by atoms with Crippen molar-refractivity contribution < 1.29 is 25.6 Å². The van der Waals surface area contributed by atoms with Crippen molar-refractivity contribution in [1.82, 2.24) is 0 Å². The first kappa shape index (κ1) is 22.0. The predicted octanol–water partition coefficient (Wildman–Crippen LogP) is 4.53. The van der Waals surface area contributed by atoms with Gasteiger partial charge in [0.2, 0.25) is 0 Å². The Morgan fingerprint density at radius 3 is 2.17 bits per heavy atom. The zero-order valence-corrected chi connectivity index (χ0v) is 17.7. The SMILES string of the molecule is Cc1ccc(S(=O)(=O)Nc2ccc(Cl)cc2)cc1NS(=O)(=O)c1cccc(F)c1F. The molecule has 0 atom stereocenters. The Hall–Kier alpha value is -2.69. The van der Waals surface area contributed by atoms with Gasteiger partial charge in [0.05, 0.1) is 10.6 Å². The number of rotatable bonds is 6. The molecule has 0 fully saturated rings. The molecule has 0 unspecified atom stereocenters. The van der Waals surface area contributed by atoms with Crippen LogP contribution in [0.3, 0.4) is 0 Å². The van der Waals surface area contributed by atoms with Gasteiger partial charge in [-0.2, -0.15) is 0 Å². The van der Waals surface area contributed by atoms with Gasteiger partial charge in [0.15, 0.2) is 11.6 Å². The van der Waals surface area contributed by atoms with E-state index in [0.717, 1.165) is 24.3 Å². The van der Waals surface area contributed by atoms with E-state index >= 15 is 0 Å². The lowest BCUT2D eigenvalue weighted by Gasteiger charge is -2.14. The van der Waals surface area contributed by atoms with Crippen molar-refractivity contribution in [2.45, 2.75) is 16.7 Å². The minimum Gasteiger partial charge on any atom is -0.280 e. The van der Waals surface area contributed by atoms with Crippen LogP contribution in [0, 0.1) is 18.6 Å². The standard InChI is InChI=1S/C19H15ClF2N2O4S2/c1-12-5-10-15(29(25,26)23-14-8-6-13(20)7-9-14)11-17(12)24-30(27,28)18-4-2-3-16(21)19(18)22/h2-11,23-24H,1H3. The molecule has 0 spiro atoms. The molecule has 6 nitrogen and oxygen atoms in total. The molecule has 0 saturated carbocycles. The van der Waals surface area contributed by atoms with Crippen LogP contribution in [0.2, 0.25) is 5.02 Å². The molecule has 0 aromatic heterocycles. The first-order valence-corrected chi connectivity index (χ1v) is 11.7. The molecule has 0 bridgehead atoms. The molecule has 0 saturated heterocycles. The van der Waals surface area contributed by atoms with Crippen molar-refractivity contribution in [1.29, 1.82) is 0 Å². The summed E-state index contributed by atoms with van der Waals surface area (Å²) in [5.41, 5.74) is 0.530. The zero-order valence-electron chi connectivity index (χ0n) is 15.4. The van der Waals surface area contributed by atoms with Gasteiger partial charge >= 0.3 is 0 Å². The van der Waals surface area contributed by atoms with Crippen LogP contribution in [-0.4, -0.2) is 16.8 Å². The van der Waals surface area contributed by atoms with Gasteiger partial charge in [-0.3, -0.25) is 9.44 Å². The Morgan fingerprint density at radius 2 is 1.50 bits per heavy atom. The average Bonchev–Trinajstić information content (AvgIpc) is 2.67. The molecule has 0 aliphatic heterocycles. The molecule has 0 aliphatic carbocycles. The fraction of sp³-hybridized carbons (Fsp3) is 0.0526. The molecule has 0 aliphatic rings. The van der Waals surface area contributed by atoms with Gasteiger partial charge in [-0.05, 0) is 61.0 Å². The maximum Gasteiger partial charge on any atom is 0.264 e. The van der Waals surface area contributed by atoms with E-state index in [1.807, 2.05) is 0 Å². The fourth-order valence-corrected chi connectivity index (χ4v) is 4.92. The number of aryl methyl sites for hydroxylation is 1. The number of halogens is 3. The lowest BCUT2D eigenvalue weighted by Crippen LogP contribution is -2.17. The van der Waals surface area contributed by atoms with Crippen LogP contribution in [0.5, 0.6) is 0 Å². The summed E-state index contributed by atoms with van der Waals surface area (Å²) in [4.78, 5) is -1.13. The van der Waals surface area contributed by atoms with Crippen molar-refractivity contribution in [3.05, 3.63) is 82.9 Å². The van der Waals surface area contributed by atoms with Gasteiger partial charge in [0.25, 0.3) is 20.0 Å². The normalized spacial score (nSPS) is 11.9. The van der Waals surface area contributed by atoms with E-state index < -0.39 is 36.6 Å². The van der Waals surface area contributed by atoms with Gasteiger partial charge in [0, 0.05) is 10.7 Å². The summed E-state index contributed by atoms with van der Waals surface area (Å²) in [6.07, 6.45) is 0. The van der Waals surface area contributed by atoms with E-state index in [9.17, 15) is 25.6 Å². The van der Waals surface area contributed by atoms with Gasteiger partial charge in [-0.15, -0.1) is 0 Å². The van der Waals surface area contributed by atoms with Gasteiger partial charge in [-0.1, -0.05) is 23.7 Å². The number of hydrogen-bond donors (Lipinski definition) is 2. The Balaban J connectivity index is 1.95. The maximum atomic E-state index is 13.9. The van der Waals surface area contributed by atoms with Crippen LogP contribution in [-0.2, 0) is 20.0 Å². The summed E-state index contributed by atoms with van der Waals surface area (Å²) in [7, 11) is -8.57. The van der Waals surface area contributed by atoms with Crippen molar-refractivity contribution in [3.8, 4) is 0 Å². The second-order valence-corrected chi connectivity index (χ2v) is 10.0. The molecule has 2 N–H and O–H groups in total. The molecule has 0 radical (unpaired) electrons. The highest BCUT2D eigenvalue weighted by molar-refractivity contribution is 7.93. The average molecular weight is 473 g/mol. The number of sulfonamides is 2. The second-order valence-electron chi connectivity index (χ2n) is 6.25. The third-order valence-electron chi connectivity index (χ3n) is 4.07. The van der Waals surface area contributed by atoms with E-state index in [4.69, 9.17) is 11.6 Å².